The van der Waals surface area contributed by atoms with Crippen molar-refractivity contribution < 1.29 is 9.53 Å². The molecule has 2 aromatic heterocycles. The predicted octanol–water partition coefficient (Wildman–Crippen LogP) is 4.11. The molecule has 0 atom stereocenters. The lowest BCUT2D eigenvalue weighted by Gasteiger charge is -2.34. The topological polar surface area (TPSA) is 89.4 Å². The first-order valence-electron chi connectivity index (χ1n) is 11.4. The van der Waals surface area contributed by atoms with Gasteiger partial charge in [0.1, 0.15) is 11.2 Å². The number of ether oxygens (including phenoxy) is 1. The molecule has 1 aliphatic carbocycles. The maximum atomic E-state index is 12.8. The number of hydrogen-bond donors (Lipinski definition) is 1. The molecule has 1 N–H and O–H groups in total. The molecule has 1 saturated heterocycles. The van der Waals surface area contributed by atoms with E-state index in [2.05, 4.69) is 10.3 Å². The zero-order valence-corrected chi connectivity index (χ0v) is 18.8. The van der Waals surface area contributed by atoms with Gasteiger partial charge in [0.2, 0.25) is 5.95 Å². The molecule has 8 nitrogen and oxygen atoms in total. The molecule has 2 fully saturated rings. The molecule has 1 amide bonds. The molecule has 0 spiro atoms. The molecule has 0 unspecified atom stereocenters. The van der Waals surface area contributed by atoms with Gasteiger partial charge in [0.05, 0.1) is 0 Å². The van der Waals surface area contributed by atoms with E-state index in [0.717, 1.165) is 18.2 Å². The lowest BCUT2D eigenvalue weighted by atomic mass is 9.96. The zero-order valence-electron chi connectivity index (χ0n) is 18.8. The summed E-state index contributed by atoms with van der Waals surface area (Å²) in [5.41, 5.74) is 0.0844. The van der Waals surface area contributed by atoms with Crippen molar-refractivity contribution in [3.8, 4) is 0 Å². The molecule has 0 aromatic carbocycles. The van der Waals surface area contributed by atoms with Crippen LogP contribution in [0.4, 0.5) is 10.7 Å². The summed E-state index contributed by atoms with van der Waals surface area (Å²) in [6.07, 6.45) is 8.88. The first-order chi connectivity index (χ1) is 14.8. The van der Waals surface area contributed by atoms with Crippen LogP contribution in [0.5, 0.6) is 0 Å². The highest BCUT2D eigenvalue weighted by Crippen LogP contribution is 2.26. The number of pyridine rings is 1. The van der Waals surface area contributed by atoms with Gasteiger partial charge in [-0.3, -0.25) is 9.36 Å². The van der Waals surface area contributed by atoms with Crippen LogP contribution in [-0.2, 0) is 4.74 Å². The van der Waals surface area contributed by atoms with Crippen molar-refractivity contribution >= 4 is 23.1 Å². The number of rotatable bonds is 3. The highest BCUT2D eigenvalue weighted by Gasteiger charge is 2.29. The fourth-order valence-corrected chi connectivity index (χ4v) is 4.52. The third-order valence-electron chi connectivity index (χ3n) is 6.09. The lowest BCUT2D eigenvalue weighted by molar-refractivity contribution is 0.0189. The van der Waals surface area contributed by atoms with Gasteiger partial charge >= 0.3 is 6.09 Å². The van der Waals surface area contributed by atoms with E-state index in [4.69, 9.17) is 9.72 Å². The maximum Gasteiger partial charge on any atom is 0.410 e. The number of amides is 1. The third kappa shape index (κ3) is 5.17. The summed E-state index contributed by atoms with van der Waals surface area (Å²) in [4.78, 5) is 36.1. The van der Waals surface area contributed by atoms with Crippen molar-refractivity contribution in [2.45, 2.75) is 83.4 Å². The molecule has 2 aliphatic rings. The number of fused-ring (bicyclic) bond motifs is 1. The Morgan fingerprint density at radius 1 is 1.10 bits per heavy atom. The Kier molecular flexibility index (Phi) is 6.16. The van der Waals surface area contributed by atoms with Crippen LogP contribution in [0.15, 0.2) is 23.1 Å². The number of nitrogens with zero attached hydrogens (tertiary/aromatic N) is 4. The standard InChI is InChI=1S/C23H33N5O3/c1-23(2,3)31-22(30)27-13-11-18(12-14-27)28-19(29)10-9-16-15-24-21(26-20(16)28)25-17-7-5-4-6-8-17/h9-10,15,17-18H,4-8,11-14H2,1-3H3,(H,24,25,26). The highest BCUT2D eigenvalue weighted by molar-refractivity contribution is 5.75. The van der Waals surface area contributed by atoms with Crippen LogP contribution in [0.25, 0.3) is 11.0 Å². The molecule has 4 rings (SSSR count). The molecular weight excluding hydrogens is 394 g/mol. The van der Waals surface area contributed by atoms with Gasteiger partial charge in [0, 0.05) is 42.8 Å². The molecule has 0 bridgehead atoms. The monoisotopic (exact) mass is 427 g/mol. The van der Waals surface area contributed by atoms with Crippen molar-refractivity contribution in [1.82, 2.24) is 19.4 Å². The summed E-state index contributed by atoms with van der Waals surface area (Å²) < 4.78 is 7.28. The second-order valence-corrected chi connectivity index (χ2v) is 9.69. The number of anilines is 1. The van der Waals surface area contributed by atoms with Crippen LogP contribution in [0.3, 0.4) is 0 Å². The van der Waals surface area contributed by atoms with Gasteiger partial charge in [0.15, 0.2) is 0 Å². The van der Waals surface area contributed by atoms with Crippen molar-refractivity contribution in [3.63, 3.8) is 0 Å². The minimum absolute atomic E-state index is 0.00711. The first-order valence-corrected chi connectivity index (χ1v) is 11.4. The van der Waals surface area contributed by atoms with Crippen LogP contribution in [0.1, 0.15) is 71.8 Å². The average Bonchev–Trinajstić information content (AvgIpc) is 2.73. The van der Waals surface area contributed by atoms with Crippen molar-refractivity contribution in [2.75, 3.05) is 18.4 Å². The summed E-state index contributed by atoms with van der Waals surface area (Å²) in [7, 11) is 0. The maximum absolute atomic E-state index is 12.8. The molecule has 8 heteroatoms. The molecule has 1 saturated carbocycles. The Morgan fingerprint density at radius 3 is 2.48 bits per heavy atom. The quantitative estimate of drug-likeness (QED) is 0.793. The molecule has 1 aliphatic heterocycles. The molecular formula is C23H33N5O3. The van der Waals surface area contributed by atoms with E-state index in [1.165, 1.54) is 19.3 Å². The molecule has 2 aromatic rings. The average molecular weight is 428 g/mol. The SMILES string of the molecule is CC(C)(C)OC(=O)N1CCC(n2c(=O)ccc3cnc(NC4CCCCC4)nc32)CC1. The minimum Gasteiger partial charge on any atom is -0.444 e. The van der Waals surface area contributed by atoms with E-state index < -0.39 is 5.60 Å². The van der Waals surface area contributed by atoms with Gasteiger partial charge in [0.25, 0.3) is 5.56 Å². The largest absolute Gasteiger partial charge is 0.444 e. The van der Waals surface area contributed by atoms with E-state index >= 15 is 0 Å². The van der Waals surface area contributed by atoms with Crippen LogP contribution in [-0.4, -0.2) is 50.3 Å². The van der Waals surface area contributed by atoms with Crippen LogP contribution in [0, 0.1) is 0 Å². The Labute approximate surface area is 183 Å². The van der Waals surface area contributed by atoms with Gasteiger partial charge in [-0.1, -0.05) is 19.3 Å². The number of hydrogen-bond acceptors (Lipinski definition) is 6. The Morgan fingerprint density at radius 2 is 1.81 bits per heavy atom. The molecule has 0 radical (unpaired) electrons. The van der Waals surface area contributed by atoms with E-state index in [9.17, 15) is 9.59 Å². The van der Waals surface area contributed by atoms with Gasteiger partial charge in [-0.2, -0.15) is 4.98 Å². The summed E-state index contributed by atoms with van der Waals surface area (Å²) in [6, 6.07) is 3.76. The van der Waals surface area contributed by atoms with Crippen molar-refractivity contribution in [2.24, 2.45) is 0 Å². The van der Waals surface area contributed by atoms with E-state index in [1.807, 2.05) is 20.8 Å². The Balaban J connectivity index is 1.53. The number of nitrogens with one attached hydrogen (secondary N) is 1. The van der Waals surface area contributed by atoms with E-state index in [1.54, 1.807) is 27.8 Å². The lowest BCUT2D eigenvalue weighted by Crippen LogP contribution is -2.43. The highest BCUT2D eigenvalue weighted by atomic mass is 16.6. The number of carbonyl (C=O) groups is 1. The second-order valence-electron chi connectivity index (χ2n) is 9.69. The number of piperidine rings is 1. The Hall–Kier alpha value is -2.64. The van der Waals surface area contributed by atoms with Gasteiger partial charge in [-0.15, -0.1) is 0 Å². The van der Waals surface area contributed by atoms with E-state index in [0.29, 0.717) is 43.6 Å². The minimum atomic E-state index is -0.515. The normalized spacial score (nSPS) is 18.9. The number of carbonyl (C=O) groups excluding carboxylic acids is 1. The van der Waals surface area contributed by atoms with Crippen molar-refractivity contribution in [1.29, 1.82) is 0 Å². The van der Waals surface area contributed by atoms with Gasteiger partial charge < -0.3 is 15.0 Å². The summed E-state index contributed by atoms with van der Waals surface area (Å²) in [5, 5.41) is 4.31. The summed E-state index contributed by atoms with van der Waals surface area (Å²) in [5.74, 6) is 0.588. The van der Waals surface area contributed by atoms with Gasteiger partial charge in [-0.25, -0.2) is 9.78 Å². The van der Waals surface area contributed by atoms with Crippen molar-refractivity contribution in [3.05, 3.63) is 28.7 Å². The second kappa shape index (κ2) is 8.85. The van der Waals surface area contributed by atoms with Crippen LogP contribution in [0.2, 0.25) is 0 Å². The fourth-order valence-electron chi connectivity index (χ4n) is 4.52. The fraction of sp³-hybridized carbons (Fsp3) is 0.652. The van der Waals surface area contributed by atoms with Crippen LogP contribution >= 0.6 is 0 Å². The van der Waals surface area contributed by atoms with E-state index in [-0.39, 0.29) is 17.7 Å². The predicted molar refractivity (Wildman–Crippen MR) is 120 cm³/mol. The first kappa shape index (κ1) is 21.6. The van der Waals surface area contributed by atoms with Gasteiger partial charge in [-0.05, 0) is 52.5 Å². The zero-order chi connectivity index (χ0) is 22.0. The molecule has 3 heterocycles. The van der Waals surface area contributed by atoms with Crippen LogP contribution < -0.4 is 10.9 Å². The molecule has 168 valence electrons. The Bertz CT molecular complexity index is 983. The summed E-state index contributed by atoms with van der Waals surface area (Å²) in [6.45, 7) is 6.71. The third-order valence-corrected chi connectivity index (χ3v) is 6.09. The smallest absolute Gasteiger partial charge is 0.410 e. The number of aromatic nitrogens is 3. The summed E-state index contributed by atoms with van der Waals surface area (Å²) >= 11 is 0. The number of likely N-dealkylation sites (tertiary alicyclic amines) is 1. The molecule has 31 heavy (non-hydrogen) atoms.